The van der Waals surface area contributed by atoms with E-state index < -0.39 is 0 Å². The second-order valence-electron chi connectivity index (χ2n) is 7.06. The average molecular weight is 420 g/mol. The third kappa shape index (κ3) is 4.77. The molecule has 29 heavy (non-hydrogen) atoms. The van der Waals surface area contributed by atoms with Gasteiger partial charge in [0.25, 0.3) is 5.91 Å². The van der Waals surface area contributed by atoms with Crippen molar-refractivity contribution in [2.45, 2.75) is 18.9 Å². The molecule has 0 spiro atoms. The Labute approximate surface area is 176 Å². The summed E-state index contributed by atoms with van der Waals surface area (Å²) in [5.41, 5.74) is 1.52. The fourth-order valence-electron chi connectivity index (χ4n) is 3.92. The Bertz CT molecular complexity index is 827. The van der Waals surface area contributed by atoms with Crippen molar-refractivity contribution in [3.05, 3.63) is 52.5 Å². The Balaban J connectivity index is 1.81. The minimum absolute atomic E-state index is 0.109. The van der Waals surface area contributed by atoms with Crippen LogP contribution in [0, 0.1) is 0 Å². The maximum absolute atomic E-state index is 12.9. The molecule has 7 heteroatoms. The first-order valence-corrected chi connectivity index (χ1v) is 10.1. The number of hydrogen-bond acceptors (Lipinski definition) is 4. The van der Waals surface area contributed by atoms with Gasteiger partial charge in [-0.3, -0.25) is 4.79 Å². The van der Waals surface area contributed by atoms with Crippen LogP contribution in [-0.2, 0) is 0 Å². The van der Waals surface area contributed by atoms with Crippen LogP contribution in [0.1, 0.15) is 34.8 Å². The van der Waals surface area contributed by atoms with E-state index in [-0.39, 0.29) is 11.9 Å². The van der Waals surface area contributed by atoms with Gasteiger partial charge in [0.15, 0.2) is 11.5 Å². The van der Waals surface area contributed by atoms with Crippen LogP contribution in [0.15, 0.2) is 36.4 Å². The van der Waals surface area contributed by atoms with Crippen LogP contribution in [0.2, 0.25) is 5.02 Å². The minimum atomic E-state index is -0.195. The molecule has 0 aliphatic carbocycles. The molecule has 2 aromatic rings. The fourth-order valence-corrected chi connectivity index (χ4v) is 4.19. The molecule has 0 aromatic heterocycles. The molecule has 1 amide bonds. The number of likely N-dealkylation sites (tertiary alicyclic amines) is 1. The highest BCUT2D eigenvalue weighted by Gasteiger charge is 2.29. The molecule has 0 unspecified atom stereocenters. The van der Waals surface area contributed by atoms with Crippen molar-refractivity contribution in [3.63, 3.8) is 0 Å². The summed E-state index contributed by atoms with van der Waals surface area (Å²) in [4.78, 5) is 14.4. The van der Waals surface area contributed by atoms with Gasteiger partial charge in [0.2, 0.25) is 5.75 Å². The minimum Gasteiger partial charge on any atom is -0.493 e. The smallest absolute Gasteiger partial charge is 0.251 e. The van der Waals surface area contributed by atoms with E-state index in [0.29, 0.717) is 29.4 Å². The molecule has 2 aromatic carbocycles. The molecule has 6 nitrogen and oxygen atoms in total. The third-order valence-electron chi connectivity index (χ3n) is 5.41. The molecule has 0 radical (unpaired) electrons. The number of hydrogen-bond donors (Lipinski definition) is 2. The number of nitrogens with one attached hydrogen (secondary N) is 2. The predicted octanol–water partition coefficient (Wildman–Crippen LogP) is 2.52. The quantitative estimate of drug-likeness (QED) is 0.690. The molecule has 1 heterocycles. The number of carbonyl (C=O) groups excluding carboxylic acids is 1. The maximum Gasteiger partial charge on any atom is 0.251 e. The van der Waals surface area contributed by atoms with Crippen LogP contribution >= 0.6 is 11.6 Å². The molecular formula is C22H28ClN2O4+. The van der Waals surface area contributed by atoms with Crippen molar-refractivity contribution in [1.29, 1.82) is 0 Å². The van der Waals surface area contributed by atoms with E-state index >= 15 is 0 Å². The molecule has 1 saturated heterocycles. The van der Waals surface area contributed by atoms with E-state index in [1.807, 2.05) is 24.3 Å². The molecule has 0 saturated carbocycles. The zero-order valence-electron chi connectivity index (χ0n) is 17.1. The Hall–Kier alpha value is -2.44. The van der Waals surface area contributed by atoms with Gasteiger partial charge in [-0.25, -0.2) is 0 Å². The molecule has 3 rings (SSSR count). The van der Waals surface area contributed by atoms with Crippen molar-refractivity contribution in [3.8, 4) is 17.2 Å². The second kappa shape index (κ2) is 9.85. The summed E-state index contributed by atoms with van der Waals surface area (Å²) in [7, 11) is 4.60. The summed E-state index contributed by atoms with van der Waals surface area (Å²) in [5, 5.41) is 3.81. The summed E-state index contributed by atoms with van der Waals surface area (Å²) in [5.74, 6) is 1.16. The van der Waals surface area contributed by atoms with Gasteiger partial charge in [-0.1, -0.05) is 29.8 Å². The number of halogens is 1. The lowest BCUT2D eigenvalue weighted by Gasteiger charge is -2.26. The van der Waals surface area contributed by atoms with E-state index in [1.165, 1.54) is 39.1 Å². The number of benzene rings is 2. The highest BCUT2D eigenvalue weighted by molar-refractivity contribution is 6.31. The number of quaternary nitrogens is 1. The van der Waals surface area contributed by atoms with Gasteiger partial charge < -0.3 is 24.4 Å². The lowest BCUT2D eigenvalue weighted by molar-refractivity contribution is -0.918. The Morgan fingerprint density at radius 3 is 2.24 bits per heavy atom. The van der Waals surface area contributed by atoms with Crippen LogP contribution in [0.5, 0.6) is 17.2 Å². The van der Waals surface area contributed by atoms with Crippen molar-refractivity contribution < 1.29 is 23.9 Å². The molecule has 156 valence electrons. The first-order valence-electron chi connectivity index (χ1n) is 9.76. The summed E-state index contributed by atoms with van der Waals surface area (Å²) in [6.07, 6.45) is 2.38. The maximum atomic E-state index is 12.9. The number of carbonyl (C=O) groups is 1. The van der Waals surface area contributed by atoms with Crippen LogP contribution in [-0.4, -0.2) is 46.9 Å². The molecule has 1 aliphatic rings. The highest BCUT2D eigenvalue weighted by atomic mass is 35.5. The Morgan fingerprint density at radius 2 is 1.69 bits per heavy atom. The normalized spacial score (nSPS) is 15.0. The number of amides is 1. The molecule has 1 aliphatic heterocycles. The standard InChI is InChI=1S/C22H27ClN2O4/c1-27-19-12-15(13-20(28-2)21(19)29-3)22(26)24-14-18(25-10-6-7-11-25)16-8-4-5-9-17(16)23/h4-5,8-9,12-13,18H,6-7,10-11,14H2,1-3H3,(H,24,26)/p+1/t18-/m0/s1. The monoisotopic (exact) mass is 419 g/mol. The second-order valence-corrected chi connectivity index (χ2v) is 7.47. The fraction of sp³-hybridized carbons (Fsp3) is 0.409. The van der Waals surface area contributed by atoms with Crippen molar-refractivity contribution >= 4 is 17.5 Å². The number of ether oxygens (including phenoxy) is 3. The van der Waals surface area contributed by atoms with Crippen molar-refractivity contribution in [2.75, 3.05) is 41.0 Å². The van der Waals surface area contributed by atoms with Gasteiger partial charge in [-0.2, -0.15) is 0 Å². The third-order valence-corrected chi connectivity index (χ3v) is 5.76. The highest BCUT2D eigenvalue weighted by Crippen LogP contribution is 2.38. The topological polar surface area (TPSA) is 61.2 Å². The SMILES string of the molecule is COc1cc(C(=O)NC[C@@H](c2ccccc2Cl)[NH+]2CCCC2)cc(OC)c1OC. The molecule has 1 atom stereocenters. The number of rotatable bonds is 8. The van der Waals surface area contributed by atoms with E-state index in [4.69, 9.17) is 25.8 Å². The van der Waals surface area contributed by atoms with Gasteiger partial charge >= 0.3 is 0 Å². The van der Waals surface area contributed by atoms with E-state index in [2.05, 4.69) is 5.32 Å². The van der Waals surface area contributed by atoms with Crippen LogP contribution in [0.25, 0.3) is 0 Å². The van der Waals surface area contributed by atoms with Crippen LogP contribution in [0.3, 0.4) is 0 Å². The molecule has 2 N–H and O–H groups in total. The van der Waals surface area contributed by atoms with E-state index in [9.17, 15) is 4.79 Å². The Morgan fingerprint density at radius 1 is 1.07 bits per heavy atom. The zero-order chi connectivity index (χ0) is 20.8. The first-order chi connectivity index (χ1) is 14.1. The van der Waals surface area contributed by atoms with E-state index in [0.717, 1.165) is 23.7 Å². The van der Waals surface area contributed by atoms with Gasteiger partial charge in [-0.15, -0.1) is 0 Å². The Kier molecular flexibility index (Phi) is 7.23. The predicted molar refractivity (Wildman–Crippen MR) is 113 cm³/mol. The molecular weight excluding hydrogens is 392 g/mol. The summed E-state index contributed by atoms with van der Waals surface area (Å²) < 4.78 is 16.0. The first kappa shape index (κ1) is 21.3. The van der Waals surface area contributed by atoms with Crippen molar-refractivity contribution in [1.82, 2.24) is 5.32 Å². The summed E-state index contributed by atoms with van der Waals surface area (Å²) >= 11 is 6.47. The molecule has 0 bridgehead atoms. The summed E-state index contributed by atoms with van der Waals surface area (Å²) in [6, 6.07) is 11.3. The van der Waals surface area contributed by atoms with Crippen molar-refractivity contribution in [2.24, 2.45) is 0 Å². The lowest BCUT2D eigenvalue weighted by Crippen LogP contribution is -3.11. The van der Waals surface area contributed by atoms with E-state index in [1.54, 1.807) is 12.1 Å². The zero-order valence-corrected chi connectivity index (χ0v) is 17.8. The summed E-state index contributed by atoms with van der Waals surface area (Å²) in [6.45, 7) is 2.65. The van der Waals surface area contributed by atoms with Crippen LogP contribution in [0.4, 0.5) is 0 Å². The van der Waals surface area contributed by atoms with Gasteiger partial charge in [-0.05, 0) is 18.2 Å². The van der Waals surface area contributed by atoms with Gasteiger partial charge in [0.1, 0.15) is 6.04 Å². The van der Waals surface area contributed by atoms with Gasteiger partial charge in [0, 0.05) is 29.0 Å². The largest absolute Gasteiger partial charge is 0.493 e. The number of methoxy groups -OCH3 is 3. The van der Waals surface area contributed by atoms with Crippen LogP contribution < -0.4 is 24.4 Å². The average Bonchev–Trinajstić information content (AvgIpc) is 3.28. The molecule has 1 fully saturated rings. The van der Waals surface area contributed by atoms with Gasteiger partial charge in [0.05, 0.1) is 41.0 Å². The lowest BCUT2D eigenvalue weighted by atomic mass is 10.0.